The van der Waals surface area contributed by atoms with Gasteiger partial charge in [-0.2, -0.15) is 0 Å². The van der Waals surface area contributed by atoms with Crippen molar-refractivity contribution >= 4 is 22.7 Å². The number of thioether (sulfide) groups is 1. The summed E-state index contributed by atoms with van der Waals surface area (Å²) in [6, 6.07) is 17.3. The Morgan fingerprint density at radius 3 is 2.42 bits per heavy atom. The number of benzene rings is 2. The largest absolute Gasteiger partial charge is 0.304 e. The first kappa shape index (κ1) is 18.7. The summed E-state index contributed by atoms with van der Waals surface area (Å²) < 4.78 is 1.74. The predicted octanol–water partition coefficient (Wildman–Crippen LogP) is 4.21. The lowest BCUT2D eigenvalue weighted by atomic mass is 10.2. The number of hydrogen-bond donors (Lipinski definition) is 0. The predicted molar refractivity (Wildman–Crippen MR) is 110 cm³/mol. The molecule has 0 aliphatic carbocycles. The van der Waals surface area contributed by atoms with Crippen LogP contribution in [-0.4, -0.2) is 39.8 Å². The molecule has 0 aliphatic rings. The van der Waals surface area contributed by atoms with Gasteiger partial charge in [0.25, 0.3) is 5.56 Å². The highest BCUT2D eigenvalue weighted by molar-refractivity contribution is 7.99. The van der Waals surface area contributed by atoms with Gasteiger partial charge in [-0.15, -0.1) is 0 Å². The van der Waals surface area contributed by atoms with Gasteiger partial charge in [-0.25, -0.2) is 4.98 Å². The Hall–Kier alpha value is -2.11. The molecule has 3 aromatic rings. The summed E-state index contributed by atoms with van der Waals surface area (Å²) in [5.74, 6) is 0.939. The second-order valence-electron chi connectivity index (χ2n) is 6.12. The summed E-state index contributed by atoms with van der Waals surface area (Å²) >= 11 is 1.66. The van der Waals surface area contributed by atoms with Gasteiger partial charge in [-0.05, 0) is 50.3 Å². The van der Waals surface area contributed by atoms with Gasteiger partial charge in [-0.3, -0.25) is 9.36 Å². The van der Waals surface area contributed by atoms with Gasteiger partial charge < -0.3 is 4.90 Å². The standard InChI is InChI=1S/C21H25N3OS/c1-3-23(4-2)15-10-16-26-21-22-19-14-9-8-13-18(19)20(25)24(21)17-11-6-5-7-12-17/h5-9,11-14H,3-4,10,15-16H2,1-2H3. The molecular formula is C21H25N3OS. The van der Waals surface area contributed by atoms with Crippen molar-refractivity contribution in [3.8, 4) is 5.69 Å². The Bertz CT molecular complexity index is 904. The van der Waals surface area contributed by atoms with E-state index in [0.29, 0.717) is 5.39 Å². The molecule has 3 rings (SSSR count). The first-order chi connectivity index (χ1) is 12.7. The number of para-hydroxylation sites is 2. The van der Waals surface area contributed by atoms with E-state index in [4.69, 9.17) is 4.98 Å². The molecule has 0 radical (unpaired) electrons. The lowest BCUT2D eigenvalue weighted by Gasteiger charge is -2.18. The summed E-state index contributed by atoms with van der Waals surface area (Å²) in [7, 11) is 0. The summed E-state index contributed by atoms with van der Waals surface area (Å²) in [4.78, 5) is 20.3. The van der Waals surface area contributed by atoms with Crippen LogP contribution in [0.2, 0.25) is 0 Å². The van der Waals surface area contributed by atoms with Crippen LogP contribution in [0, 0.1) is 0 Å². The van der Waals surface area contributed by atoms with Gasteiger partial charge >= 0.3 is 0 Å². The van der Waals surface area contributed by atoms with E-state index in [1.165, 1.54) is 0 Å². The molecule has 1 aromatic heterocycles. The fourth-order valence-corrected chi connectivity index (χ4v) is 3.94. The zero-order chi connectivity index (χ0) is 18.4. The molecule has 2 aromatic carbocycles. The highest BCUT2D eigenvalue weighted by Gasteiger charge is 2.13. The minimum atomic E-state index is -0.00644. The van der Waals surface area contributed by atoms with E-state index in [9.17, 15) is 4.79 Å². The molecule has 0 spiro atoms. The lowest BCUT2D eigenvalue weighted by molar-refractivity contribution is 0.305. The Balaban J connectivity index is 1.91. The minimum absolute atomic E-state index is 0.00644. The van der Waals surface area contributed by atoms with Crippen molar-refractivity contribution < 1.29 is 0 Å². The van der Waals surface area contributed by atoms with E-state index in [-0.39, 0.29) is 5.56 Å². The third kappa shape index (κ3) is 4.17. The van der Waals surface area contributed by atoms with Crippen molar-refractivity contribution in [3.63, 3.8) is 0 Å². The molecule has 5 heteroatoms. The molecule has 0 saturated carbocycles. The summed E-state index contributed by atoms with van der Waals surface area (Å²) in [5, 5.41) is 1.42. The van der Waals surface area contributed by atoms with E-state index in [1.54, 1.807) is 16.3 Å². The molecule has 0 fully saturated rings. The number of fused-ring (bicyclic) bond motifs is 1. The molecular weight excluding hydrogens is 342 g/mol. The molecule has 0 aliphatic heterocycles. The van der Waals surface area contributed by atoms with Crippen molar-refractivity contribution in [2.45, 2.75) is 25.4 Å². The highest BCUT2D eigenvalue weighted by atomic mass is 32.2. The van der Waals surface area contributed by atoms with Gasteiger partial charge in [-0.1, -0.05) is 55.9 Å². The molecule has 0 saturated heterocycles. The van der Waals surface area contributed by atoms with Crippen LogP contribution in [-0.2, 0) is 0 Å². The Morgan fingerprint density at radius 1 is 1.00 bits per heavy atom. The average molecular weight is 368 g/mol. The smallest absolute Gasteiger partial charge is 0.266 e. The second kappa shape index (κ2) is 9.01. The van der Waals surface area contributed by atoms with Crippen molar-refractivity contribution in [2.24, 2.45) is 0 Å². The normalized spacial score (nSPS) is 11.3. The SMILES string of the molecule is CCN(CC)CCCSc1nc2ccccc2c(=O)n1-c1ccccc1. The van der Waals surface area contributed by atoms with Gasteiger partial charge in [0.15, 0.2) is 5.16 Å². The van der Waals surface area contributed by atoms with Gasteiger partial charge in [0.1, 0.15) is 0 Å². The summed E-state index contributed by atoms with van der Waals surface area (Å²) in [5.41, 5.74) is 1.62. The molecule has 26 heavy (non-hydrogen) atoms. The van der Waals surface area contributed by atoms with Crippen LogP contribution in [0.1, 0.15) is 20.3 Å². The quantitative estimate of drug-likeness (QED) is 0.340. The van der Waals surface area contributed by atoms with E-state index < -0.39 is 0 Å². The van der Waals surface area contributed by atoms with Gasteiger partial charge in [0.2, 0.25) is 0 Å². The fraction of sp³-hybridized carbons (Fsp3) is 0.333. The van der Waals surface area contributed by atoms with Crippen LogP contribution in [0.5, 0.6) is 0 Å². The Morgan fingerprint density at radius 2 is 1.69 bits per heavy atom. The first-order valence-electron chi connectivity index (χ1n) is 9.17. The maximum absolute atomic E-state index is 13.1. The molecule has 0 amide bonds. The van der Waals surface area contributed by atoms with Crippen LogP contribution >= 0.6 is 11.8 Å². The van der Waals surface area contributed by atoms with E-state index >= 15 is 0 Å². The molecule has 0 atom stereocenters. The molecule has 1 heterocycles. The van der Waals surface area contributed by atoms with Crippen molar-refractivity contribution in [1.29, 1.82) is 0 Å². The van der Waals surface area contributed by atoms with Crippen LogP contribution < -0.4 is 5.56 Å². The lowest BCUT2D eigenvalue weighted by Crippen LogP contribution is -2.24. The topological polar surface area (TPSA) is 38.1 Å². The second-order valence-corrected chi connectivity index (χ2v) is 7.18. The zero-order valence-corrected chi connectivity index (χ0v) is 16.2. The monoisotopic (exact) mass is 367 g/mol. The van der Waals surface area contributed by atoms with Gasteiger partial charge in [0.05, 0.1) is 16.6 Å². The molecule has 136 valence electrons. The third-order valence-corrected chi connectivity index (χ3v) is 5.53. The van der Waals surface area contributed by atoms with Crippen molar-refractivity contribution in [1.82, 2.24) is 14.5 Å². The first-order valence-corrected chi connectivity index (χ1v) is 10.2. The third-order valence-electron chi connectivity index (χ3n) is 4.50. The molecule has 0 bridgehead atoms. The van der Waals surface area contributed by atoms with Crippen LogP contribution in [0.4, 0.5) is 0 Å². The molecule has 0 N–H and O–H groups in total. The number of nitrogens with zero attached hydrogens (tertiary/aromatic N) is 3. The minimum Gasteiger partial charge on any atom is -0.304 e. The Labute approximate surface area is 158 Å². The fourth-order valence-electron chi connectivity index (χ4n) is 3.01. The van der Waals surface area contributed by atoms with Crippen molar-refractivity contribution in [3.05, 3.63) is 65.0 Å². The van der Waals surface area contributed by atoms with E-state index in [1.807, 2.05) is 54.6 Å². The van der Waals surface area contributed by atoms with E-state index in [2.05, 4.69) is 18.7 Å². The zero-order valence-electron chi connectivity index (χ0n) is 15.4. The van der Waals surface area contributed by atoms with Crippen molar-refractivity contribution in [2.75, 3.05) is 25.4 Å². The molecule has 4 nitrogen and oxygen atoms in total. The summed E-state index contributed by atoms with van der Waals surface area (Å²) in [6.45, 7) is 7.60. The van der Waals surface area contributed by atoms with Crippen LogP contribution in [0.15, 0.2) is 64.5 Å². The van der Waals surface area contributed by atoms with E-state index in [0.717, 1.165) is 48.2 Å². The average Bonchev–Trinajstić information content (AvgIpc) is 2.69. The maximum Gasteiger partial charge on any atom is 0.266 e. The van der Waals surface area contributed by atoms with Gasteiger partial charge in [0, 0.05) is 5.75 Å². The number of hydrogen-bond acceptors (Lipinski definition) is 4. The number of aromatic nitrogens is 2. The van der Waals surface area contributed by atoms with Crippen LogP contribution in [0.3, 0.4) is 0 Å². The maximum atomic E-state index is 13.1. The highest BCUT2D eigenvalue weighted by Crippen LogP contribution is 2.21. The number of rotatable bonds is 8. The Kier molecular flexibility index (Phi) is 6.47. The summed E-state index contributed by atoms with van der Waals surface area (Å²) in [6.07, 6.45) is 1.07. The van der Waals surface area contributed by atoms with Crippen LogP contribution in [0.25, 0.3) is 16.6 Å². The molecule has 0 unspecified atom stereocenters.